The number of hydrogen-bond donors (Lipinski definition) is 3. The van der Waals surface area contributed by atoms with Gasteiger partial charge in [0.1, 0.15) is 5.75 Å². The quantitative estimate of drug-likeness (QED) is 0.300. The van der Waals surface area contributed by atoms with Crippen molar-refractivity contribution in [1.29, 1.82) is 0 Å². The number of guanidine groups is 1. The zero-order valence-electron chi connectivity index (χ0n) is 17.3. The average Bonchev–Trinajstić information content (AvgIpc) is 2.66. The number of halogens is 1. The Bertz CT molecular complexity index is 658. The molecule has 0 saturated carbocycles. The van der Waals surface area contributed by atoms with Gasteiger partial charge in [-0.25, -0.2) is 0 Å². The number of carbonyl (C=O) groups excluding carboxylic acids is 1. The Morgan fingerprint density at radius 2 is 2.04 bits per heavy atom. The first-order valence-corrected chi connectivity index (χ1v) is 9.46. The molecule has 7 nitrogen and oxygen atoms in total. The lowest BCUT2D eigenvalue weighted by atomic mass is 9.84. The van der Waals surface area contributed by atoms with Crippen LogP contribution in [0.1, 0.15) is 32.3 Å². The SMILES string of the molecule is CN=C(NCC(C)(C)c1cccc(OC)c1)NC1CCN(CC(N)=O)CC1.I. The maximum atomic E-state index is 11.0. The smallest absolute Gasteiger partial charge is 0.231 e. The van der Waals surface area contributed by atoms with Crippen LogP contribution in [-0.2, 0) is 10.2 Å². The van der Waals surface area contributed by atoms with Crippen LogP contribution < -0.4 is 21.1 Å². The Labute approximate surface area is 185 Å². The fraction of sp³-hybridized carbons (Fsp3) is 0.600. The van der Waals surface area contributed by atoms with Crippen molar-refractivity contribution in [3.05, 3.63) is 29.8 Å². The zero-order valence-corrected chi connectivity index (χ0v) is 19.7. The monoisotopic (exact) mass is 503 g/mol. The molecule has 1 saturated heterocycles. The molecular weight excluding hydrogens is 469 g/mol. The molecule has 1 aliphatic rings. The second-order valence-corrected chi connectivity index (χ2v) is 7.70. The van der Waals surface area contributed by atoms with Crippen molar-refractivity contribution in [3.8, 4) is 5.75 Å². The minimum Gasteiger partial charge on any atom is -0.497 e. The summed E-state index contributed by atoms with van der Waals surface area (Å²) in [6.45, 7) is 7.23. The fourth-order valence-electron chi connectivity index (χ4n) is 3.29. The van der Waals surface area contributed by atoms with Crippen LogP contribution in [0.25, 0.3) is 0 Å². The molecule has 0 spiro atoms. The summed E-state index contributed by atoms with van der Waals surface area (Å²) in [5.74, 6) is 1.41. The van der Waals surface area contributed by atoms with Gasteiger partial charge in [-0.05, 0) is 30.5 Å². The van der Waals surface area contributed by atoms with Crippen molar-refractivity contribution in [2.75, 3.05) is 40.3 Å². The van der Waals surface area contributed by atoms with Gasteiger partial charge in [0.25, 0.3) is 0 Å². The maximum Gasteiger partial charge on any atom is 0.231 e. The number of piperidine rings is 1. The number of rotatable bonds is 7. The molecule has 0 unspecified atom stereocenters. The van der Waals surface area contributed by atoms with E-state index in [1.165, 1.54) is 5.56 Å². The molecule has 0 aromatic heterocycles. The average molecular weight is 503 g/mol. The van der Waals surface area contributed by atoms with Crippen molar-refractivity contribution >= 4 is 35.8 Å². The number of likely N-dealkylation sites (tertiary alicyclic amines) is 1. The van der Waals surface area contributed by atoms with Crippen LogP contribution in [0.2, 0.25) is 0 Å². The topological polar surface area (TPSA) is 92.0 Å². The number of methoxy groups -OCH3 is 1. The second kappa shape index (κ2) is 11.5. The number of benzene rings is 1. The molecular formula is C20H34IN5O2. The van der Waals surface area contributed by atoms with E-state index in [1.54, 1.807) is 14.2 Å². The number of nitrogens with zero attached hydrogens (tertiary/aromatic N) is 2. The Balaban J connectivity index is 0.00000392. The standard InChI is InChI=1S/C20H33N5O2.HI/c1-20(2,15-6-5-7-17(12-15)27-4)14-23-19(22-3)24-16-8-10-25(11-9-16)13-18(21)26;/h5-7,12,16H,8-11,13-14H2,1-4H3,(H2,21,26)(H2,22,23,24);1H. The first-order valence-electron chi connectivity index (χ1n) is 9.46. The number of carbonyl (C=O) groups is 1. The molecule has 1 aromatic rings. The molecule has 1 fully saturated rings. The Kier molecular flexibility index (Phi) is 10.0. The van der Waals surface area contributed by atoms with Gasteiger partial charge in [-0.1, -0.05) is 26.0 Å². The first-order chi connectivity index (χ1) is 12.8. The minimum absolute atomic E-state index is 0. The van der Waals surface area contributed by atoms with E-state index < -0.39 is 0 Å². The molecule has 28 heavy (non-hydrogen) atoms. The third-order valence-electron chi connectivity index (χ3n) is 5.08. The van der Waals surface area contributed by atoms with Crippen LogP contribution in [0, 0.1) is 0 Å². The molecule has 4 N–H and O–H groups in total. The first kappa shape index (κ1) is 24.5. The summed E-state index contributed by atoms with van der Waals surface area (Å²) in [5.41, 5.74) is 6.41. The predicted octanol–water partition coefficient (Wildman–Crippen LogP) is 1.71. The van der Waals surface area contributed by atoms with Crippen molar-refractivity contribution in [1.82, 2.24) is 15.5 Å². The molecule has 1 heterocycles. The van der Waals surface area contributed by atoms with E-state index in [4.69, 9.17) is 10.5 Å². The largest absolute Gasteiger partial charge is 0.497 e. The van der Waals surface area contributed by atoms with Crippen molar-refractivity contribution in [3.63, 3.8) is 0 Å². The fourth-order valence-corrected chi connectivity index (χ4v) is 3.29. The summed E-state index contributed by atoms with van der Waals surface area (Å²) < 4.78 is 5.34. The third kappa shape index (κ3) is 7.46. The summed E-state index contributed by atoms with van der Waals surface area (Å²) >= 11 is 0. The van der Waals surface area contributed by atoms with Crippen molar-refractivity contribution in [2.45, 2.75) is 38.1 Å². The second-order valence-electron chi connectivity index (χ2n) is 7.70. The van der Waals surface area contributed by atoms with E-state index in [9.17, 15) is 4.79 Å². The Morgan fingerprint density at radius 3 is 2.61 bits per heavy atom. The summed E-state index contributed by atoms with van der Waals surface area (Å²) in [5, 5.41) is 6.94. The molecule has 1 aromatic carbocycles. The number of hydrogen-bond acceptors (Lipinski definition) is 4. The molecule has 0 aliphatic carbocycles. The Morgan fingerprint density at radius 1 is 1.36 bits per heavy atom. The van der Waals surface area contributed by atoms with E-state index in [1.807, 2.05) is 12.1 Å². The van der Waals surface area contributed by atoms with Gasteiger partial charge in [0.2, 0.25) is 5.91 Å². The van der Waals surface area contributed by atoms with Crippen LogP contribution in [-0.4, -0.2) is 63.1 Å². The number of amides is 1. The number of nitrogens with two attached hydrogens (primary N) is 1. The van der Waals surface area contributed by atoms with E-state index >= 15 is 0 Å². The highest BCUT2D eigenvalue weighted by Crippen LogP contribution is 2.25. The lowest BCUT2D eigenvalue weighted by Crippen LogP contribution is -2.51. The number of aliphatic imine (C=N–C) groups is 1. The van der Waals surface area contributed by atoms with Gasteiger partial charge in [-0.2, -0.15) is 0 Å². The predicted molar refractivity (Wildman–Crippen MR) is 125 cm³/mol. The summed E-state index contributed by atoms with van der Waals surface area (Å²) in [6, 6.07) is 8.52. The van der Waals surface area contributed by atoms with E-state index in [0.29, 0.717) is 12.6 Å². The summed E-state index contributed by atoms with van der Waals surface area (Å²) in [7, 11) is 3.47. The molecule has 1 amide bonds. The van der Waals surface area contributed by atoms with Gasteiger partial charge < -0.3 is 21.1 Å². The van der Waals surface area contributed by atoms with Gasteiger partial charge in [0.05, 0.1) is 13.7 Å². The number of ether oxygens (including phenoxy) is 1. The Hall–Kier alpha value is -1.55. The van der Waals surface area contributed by atoms with Crippen LogP contribution >= 0.6 is 24.0 Å². The normalized spacial score (nSPS) is 16.2. The molecule has 8 heteroatoms. The highest BCUT2D eigenvalue weighted by Gasteiger charge is 2.24. The highest BCUT2D eigenvalue weighted by molar-refractivity contribution is 14.0. The molecule has 0 atom stereocenters. The van der Waals surface area contributed by atoms with Crippen molar-refractivity contribution in [2.24, 2.45) is 10.7 Å². The summed E-state index contributed by atoms with van der Waals surface area (Å²) in [4.78, 5) is 17.5. The van der Waals surface area contributed by atoms with E-state index in [-0.39, 0.29) is 35.3 Å². The minimum atomic E-state index is -0.265. The maximum absolute atomic E-state index is 11.0. The van der Waals surface area contributed by atoms with Crippen LogP contribution in [0.5, 0.6) is 5.75 Å². The van der Waals surface area contributed by atoms with Crippen molar-refractivity contribution < 1.29 is 9.53 Å². The van der Waals surface area contributed by atoms with E-state index in [2.05, 4.69) is 46.5 Å². The number of nitrogens with one attached hydrogen (secondary N) is 2. The van der Waals surface area contributed by atoms with Gasteiger partial charge in [-0.15, -0.1) is 24.0 Å². The van der Waals surface area contributed by atoms with E-state index in [0.717, 1.165) is 44.2 Å². The lowest BCUT2D eigenvalue weighted by molar-refractivity contribution is -0.119. The third-order valence-corrected chi connectivity index (χ3v) is 5.08. The highest BCUT2D eigenvalue weighted by atomic mass is 127. The van der Waals surface area contributed by atoms with Gasteiger partial charge in [-0.3, -0.25) is 14.7 Å². The molecule has 2 rings (SSSR count). The van der Waals surface area contributed by atoms with Crippen LogP contribution in [0.15, 0.2) is 29.3 Å². The van der Waals surface area contributed by atoms with Crippen LogP contribution in [0.3, 0.4) is 0 Å². The van der Waals surface area contributed by atoms with Gasteiger partial charge in [0, 0.05) is 38.1 Å². The number of primary amides is 1. The van der Waals surface area contributed by atoms with Gasteiger partial charge >= 0.3 is 0 Å². The molecule has 158 valence electrons. The molecule has 0 bridgehead atoms. The summed E-state index contributed by atoms with van der Waals surface area (Å²) in [6.07, 6.45) is 1.93. The van der Waals surface area contributed by atoms with Crippen LogP contribution in [0.4, 0.5) is 0 Å². The molecule has 0 radical (unpaired) electrons. The lowest BCUT2D eigenvalue weighted by Gasteiger charge is -2.33. The molecule has 1 aliphatic heterocycles. The zero-order chi connectivity index (χ0) is 19.9. The van der Waals surface area contributed by atoms with Gasteiger partial charge in [0.15, 0.2) is 5.96 Å².